The van der Waals surface area contributed by atoms with Crippen molar-refractivity contribution in [3.8, 4) is 0 Å². The summed E-state index contributed by atoms with van der Waals surface area (Å²) in [5, 5.41) is 0. The molecule has 0 amide bonds. The van der Waals surface area contributed by atoms with Crippen LogP contribution in [0.2, 0.25) is 0 Å². The second kappa shape index (κ2) is 52.2. The molecule has 0 heterocycles. The molecule has 0 aliphatic carbocycles. The molecule has 0 saturated heterocycles. The lowest BCUT2D eigenvalue weighted by Crippen LogP contribution is -2.30. The summed E-state index contributed by atoms with van der Waals surface area (Å²) < 4.78 is 16.7. The summed E-state index contributed by atoms with van der Waals surface area (Å²) in [6.45, 7) is 6.44. The van der Waals surface area contributed by atoms with Gasteiger partial charge in [-0.25, -0.2) is 0 Å². The number of hydrogen-bond donors (Lipinski definition) is 0. The Hall–Kier alpha value is -3.41. The molecule has 0 aromatic rings. The number of esters is 3. The van der Waals surface area contributed by atoms with Crippen LogP contribution in [0.1, 0.15) is 245 Å². The second-order valence-corrected chi connectivity index (χ2v) is 17.4. The van der Waals surface area contributed by atoms with Crippen molar-refractivity contribution in [1.29, 1.82) is 0 Å². The van der Waals surface area contributed by atoms with Crippen molar-refractivity contribution in [1.82, 2.24) is 0 Å². The van der Waals surface area contributed by atoms with Gasteiger partial charge in [-0.15, -0.1) is 0 Å². The average Bonchev–Trinajstić information content (AvgIpc) is 3.29. The van der Waals surface area contributed by atoms with E-state index in [1.165, 1.54) is 122 Å². The molecule has 0 rings (SSSR count). The number of carbonyl (C=O) groups excluding carboxylic acids is 3. The van der Waals surface area contributed by atoms with Gasteiger partial charge in [0, 0.05) is 19.3 Å². The Bertz CT molecular complexity index is 1250. The fraction of sp³-hybridized carbons (Fsp3) is 0.707. The maximum Gasteiger partial charge on any atom is 0.306 e. The predicted octanol–water partition coefficient (Wildman–Crippen LogP) is 17.6. The summed E-state index contributed by atoms with van der Waals surface area (Å²) in [5.74, 6) is -0.994. The highest BCUT2D eigenvalue weighted by Gasteiger charge is 2.19. The van der Waals surface area contributed by atoms with Crippen molar-refractivity contribution in [3.63, 3.8) is 0 Å². The van der Waals surface area contributed by atoms with Crippen LogP contribution in [-0.4, -0.2) is 37.2 Å². The fourth-order valence-electron chi connectivity index (χ4n) is 7.17. The van der Waals surface area contributed by atoms with Crippen molar-refractivity contribution < 1.29 is 28.6 Å². The first-order valence-corrected chi connectivity index (χ1v) is 26.6. The third-order valence-corrected chi connectivity index (χ3v) is 11.1. The normalized spacial score (nSPS) is 12.7. The maximum atomic E-state index is 12.8. The van der Waals surface area contributed by atoms with Gasteiger partial charge >= 0.3 is 17.9 Å². The zero-order valence-corrected chi connectivity index (χ0v) is 41.8. The van der Waals surface area contributed by atoms with Crippen LogP contribution < -0.4 is 0 Å². The molecular weight excluding hydrogens is 793 g/mol. The lowest BCUT2D eigenvalue weighted by molar-refractivity contribution is -0.166. The molecule has 0 N–H and O–H groups in total. The van der Waals surface area contributed by atoms with E-state index in [9.17, 15) is 14.4 Å². The molecular formula is C58H98O6. The molecule has 0 aromatic heterocycles. The van der Waals surface area contributed by atoms with Crippen LogP contribution >= 0.6 is 0 Å². The van der Waals surface area contributed by atoms with Gasteiger partial charge in [0.25, 0.3) is 0 Å². The van der Waals surface area contributed by atoms with Crippen LogP contribution in [0.3, 0.4) is 0 Å². The van der Waals surface area contributed by atoms with E-state index in [0.29, 0.717) is 19.3 Å². The van der Waals surface area contributed by atoms with Gasteiger partial charge in [0.2, 0.25) is 0 Å². The highest BCUT2D eigenvalue weighted by atomic mass is 16.6. The molecule has 0 aliphatic heterocycles. The molecule has 0 aliphatic rings. The van der Waals surface area contributed by atoms with Crippen LogP contribution in [-0.2, 0) is 28.6 Å². The lowest BCUT2D eigenvalue weighted by atomic mass is 10.0. The Kier molecular flexibility index (Phi) is 49.4. The zero-order valence-electron chi connectivity index (χ0n) is 41.8. The molecule has 0 bridgehead atoms. The van der Waals surface area contributed by atoms with Gasteiger partial charge in [-0.05, 0) is 83.5 Å². The quantitative estimate of drug-likeness (QED) is 0.0262. The minimum absolute atomic E-state index is 0.106. The minimum atomic E-state index is -0.816. The predicted molar refractivity (Wildman–Crippen MR) is 274 cm³/mol. The largest absolute Gasteiger partial charge is 0.462 e. The first-order valence-electron chi connectivity index (χ1n) is 26.6. The maximum absolute atomic E-state index is 12.8. The summed E-state index contributed by atoms with van der Waals surface area (Å²) >= 11 is 0. The van der Waals surface area contributed by atoms with Crippen molar-refractivity contribution in [2.75, 3.05) is 13.2 Å². The van der Waals surface area contributed by atoms with E-state index < -0.39 is 12.1 Å². The number of carbonyl (C=O) groups is 3. The Morgan fingerprint density at radius 1 is 0.328 bits per heavy atom. The van der Waals surface area contributed by atoms with Gasteiger partial charge in [-0.2, -0.15) is 0 Å². The van der Waals surface area contributed by atoms with Gasteiger partial charge in [0.15, 0.2) is 6.10 Å². The fourth-order valence-corrected chi connectivity index (χ4v) is 7.17. The van der Waals surface area contributed by atoms with Gasteiger partial charge in [-0.3, -0.25) is 14.4 Å². The Labute approximate surface area is 395 Å². The van der Waals surface area contributed by atoms with E-state index in [1.807, 2.05) is 12.2 Å². The second-order valence-electron chi connectivity index (χ2n) is 17.4. The van der Waals surface area contributed by atoms with Crippen LogP contribution in [0.5, 0.6) is 0 Å². The van der Waals surface area contributed by atoms with Crippen molar-refractivity contribution >= 4 is 17.9 Å². The average molecular weight is 891 g/mol. The molecule has 0 spiro atoms. The molecule has 6 nitrogen and oxygen atoms in total. The summed E-state index contributed by atoms with van der Waals surface area (Å²) in [5.41, 5.74) is 0. The summed E-state index contributed by atoms with van der Waals surface area (Å²) in [6.07, 6.45) is 67.2. The number of rotatable bonds is 47. The molecule has 0 aromatic carbocycles. The van der Waals surface area contributed by atoms with E-state index in [2.05, 4.69) is 93.7 Å². The van der Waals surface area contributed by atoms with Gasteiger partial charge in [-0.1, -0.05) is 228 Å². The van der Waals surface area contributed by atoms with Crippen molar-refractivity contribution in [2.45, 2.75) is 252 Å². The molecule has 0 unspecified atom stereocenters. The van der Waals surface area contributed by atoms with Gasteiger partial charge in [0.1, 0.15) is 13.2 Å². The number of allylic oxidation sites excluding steroid dienone is 14. The van der Waals surface area contributed by atoms with E-state index in [0.717, 1.165) is 77.0 Å². The molecule has 0 radical (unpaired) electrons. The number of unbranched alkanes of at least 4 members (excludes halogenated alkanes) is 22. The molecule has 0 saturated carbocycles. The molecule has 1 atom stereocenters. The summed E-state index contributed by atoms with van der Waals surface area (Å²) in [6, 6.07) is 0. The van der Waals surface area contributed by atoms with Crippen LogP contribution in [0.4, 0.5) is 0 Å². The van der Waals surface area contributed by atoms with E-state index in [4.69, 9.17) is 14.2 Å². The van der Waals surface area contributed by atoms with E-state index in [1.54, 1.807) is 0 Å². The SMILES string of the molecule is CC/C=C\C/C=C\C/C=C\C/C=C\C/C=C\C/C=C\CCC(=O)O[C@H](COC(=O)CCCCCCCCC/C=C\CCCCCC)COC(=O)CCCCCCCCCCCCCC. The highest BCUT2D eigenvalue weighted by molar-refractivity contribution is 5.71. The highest BCUT2D eigenvalue weighted by Crippen LogP contribution is 2.14. The van der Waals surface area contributed by atoms with Gasteiger partial charge < -0.3 is 14.2 Å². The molecule has 6 heteroatoms. The minimum Gasteiger partial charge on any atom is -0.462 e. The third-order valence-electron chi connectivity index (χ3n) is 11.1. The smallest absolute Gasteiger partial charge is 0.306 e. The van der Waals surface area contributed by atoms with Crippen molar-refractivity contribution in [2.24, 2.45) is 0 Å². The third kappa shape index (κ3) is 49.6. The first kappa shape index (κ1) is 60.6. The van der Waals surface area contributed by atoms with E-state index >= 15 is 0 Å². The van der Waals surface area contributed by atoms with Gasteiger partial charge in [0.05, 0.1) is 0 Å². The zero-order chi connectivity index (χ0) is 46.5. The Balaban J connectivity index is 4.50. The number of hydrogen-bond acceptors (Lipinski definition) is 6. The topological polar surface area (TPSA) is 78.9 Å². The summed E-state index contributed by atoms with van der Waals surface area (Å²) in [4.78, 5) is 38.0. The molecule has 0 fully saturated rings. The molecule has 64 heavy (non-hydrogen) atoms. The first-order chi connectivity index (χ1) is 31.5. The van der Waals surface area contributed by atoms with Crippen molar-refractivity contribution in [3.05, 3.63) is 85.1 Å². The Morgan fingerprint density at radius 2 is 0.641 bits per heavy atom. The van der Waals surface area contributed by atoms with Crippen LogP contribution in [0, 0.1) is 0 Å². The number of ether oxygens (including phenoxy) is 3. The lowest BCUT2D eigenvalue weighted by Gasteiger charge is -2.18. The standard InChI is InChI=1S/C58H98O6/c1-4-7-10-13-16-19-22-25-27-28-29-30-32-34-37-40-43-46-49-52-58(61)64-55(53-62-56(59)50-47-44-41-38-35-24-21-18-15-12-9-6-3)54-63-57(60)51-48-45-42-39-36-33-31-26-23-20-17-14-11-8-5-2/h7,10,16,19-20,23,25,27,29-30,34,37,43,46,55H,4-6,8-9,11-15,17-18,21-22,24,26,28,31-33,35-36,38-42,44-45,47-54H2,1-3H3/b10-7-,19-16-,23-20-,27-25-,30-29-,37-34-,46-43-/t55-/m0/s1. The monoisotopic (exact) mass is 891 g/mol. The Morgan fingerprint density at radius 3 is 1.03 bits per heavy atom. The summed E-state index contributed by atoms with van der Waals surface area (Å²) in [7, 11) is 0. The molecule has 366 valence electrons. The van der Waals surface area contributed by atoms with Crippen LogP contribution in [0.15, 0.2) is 85.1 Å². The van der Waals surface area contributed by atoms with Crippen LogP contribution in [0.25, 0.3) is 0 Å². The van der Waals surface area contributed by atoms with E-state index in [-0.39, 0.29) is 31.6 Å².